The lowest BCUT2D eigenvalue weighted by molar-refractivity contribution is 0.109. The number of nitrogens with one attached hydrogen (secondary N) is 1. The van der Waals surface area contributed by atoms with Crippen molar-refractivity contribution in [2.45, 2.75) is 38.8 Å². The lowest BCUT2D eigenvalue weighted by Crippen LogP contribution is -2.28. The van der Waals surface area contributed by atoms with Gasteiger partial charge in [-0.15, -0.1) is 0 Å². The van der Waals surface area contributed by atoms with Gasteiger partial charge in [0.25, 0.3) is 0 Å². The molecule has 6 nitrogen and oxygen atoms in total. The smallest absolute Gasteiger partial charge is 0.212 e. The van der Waals surface area contributed by atoms with E-state index in [2.05, 4.69) is 9.71 Å². The molecule has 0 spiro atoms. The Labute approximate surface area is 130 Å². The van der Waals surface area contributed by atoms with Crippen LogP contribution in [0.25, 0.3) is 5.65 Å². The van der Waals surface area contributed by atoms with Crippen molar-refractivity contribution in [3.8, 4) is 0 Å². The SMILES string of the molecule is Cc1cccc2nc(CNS(=O)(=O)CCC3CCCO3)cn12. The first-order valence-electron chi connectivity index (χ1n) is 7.56. The van der Waals surface area contributed by atoms with Gasteiger partial charge in [0.2, 0.25) is 10.0 Å². The summed E-state index contributed by atoms with van der Waals surface area (Å²) in [6.45, 7) is 2.96. The summed E-state index contributed by atoms with van der Waals surface area (Å²) >= 11 is 0. The molecule has 22 heavy (non-hydrogen) atoms. The number of hydrogen-bond acceptors (Lipinski definition) is 4. The average molecular weight is 323 g/mol. The lowest BCUT2D eigenvalue weighted by Gasteiger charge is -2.09. The first-order valence-corrected chi connectivity index (χ1v) is 9.21. The van der Waals surface area contributed by atoms with Gasteiger partial charge < -0.3 is 9.14 Å². The molecule has 1 unspecified atom stereocenters. The molecule has 0 aliphatic carbocycles. The number of fused-ring (bicyclic) bond motifs is 1. The van der Waals surface area contributed by atoms with Gasteiger partial charge in [0.05, 0.1) is 24.1 Å². The predicted molar refractivity (Wildman–Crippen MR) is 84.1 cm³/mol. The second-order valence-corrected chi connectivity index (χ2v) is 7.62. The monoisotopic (exact) mass is 323 g/mol. The summed E-state index contributed by atoms with van der Waals surface area (Å²) in [5, 5.41) is 0. The Balaban J connectivity index is 1.58. The van der Waals surface area contributed by atoms with Crippen LogP contribution in [-0.4, -0.2) is 36.3 Å². The van der Waals surface area contributed by atoms with Crippen LogP contribution in [0.1, 0.15) is 30.7 Å². The van der Waals surface area contributed by atoms with Gasteiger partial charge in [-0.1, -0.05) is 6.07 Å². The third-order valence-electron chi connectivity index (χ3n) is 3.95. The molecule has 7 heteroatoms. The first kappa shape index (κ1) is 15.5. The van der Waals surface area contributed by atoms with E-state index < -0.39 is 10.0 Å². The van der Waals surface area contributed by atoms with Crippen molar-refractivity contribution >= 4 is 15.7 Å². The van der Waals surface area contributed by atoms with Crippen molar-refractivity contribution in [2.75, 3.05) is 12.4 Å². The Kier molecular flexibility index (Phi) is 4.46. The first-order chi connectivity index (χ1) is 10.5. The molecule has 1 aliphatic heterocycles. The predicted octanol–water partition coefficient (Wildman–Crippen LogP) is 1.63. The molecule has 1 N–H and O–H groups in total. The topological polar surface area (TPSA) is 72.7 Å². The molecule has 1 atom stereocenters. The number of sulfonamides is 1. The molecule has 0 aromatic carbocycles. The van der Waals surface area contributed by atoms with E-state index in [-0.39, 0.29) is 18.4 Å². The Hall–Kier alpha value is -1.44. The summed E-state index contributed by atoms with van der Waals surface area (Å²) in [5.74, 6) is 0.101. The summed E-state index contributed by atoms with van der Waals surface area (Å²) in [6, 6.07) is 5.83. The van der Waals surface area contributed by atoms with Crippen LogP contribution in [0.3, 0.4) is 0 Å². The molecule has 120 valence electrons. The number of imidazole rings is 1. The second kappa shape index (κ2) is 6.36. The summed E-state index contributed by atoms with van der Waals surface area (Å²) < 4.78 is 34.1. The molecule has 0 amide bonds. The minimum atomic E-state index is -3.29. The Morgan fingerprint density at radius 3 is 3.05 bits per heavy atom. The van der Waals surface area contributed by atoms with Gasteiger partial charge in [-0.05, 0) is 38.3 Å². The Bertz CT molecular complexity index is 748. The molecule has 1 saturated heterocycles. The van der Waals surface area contributed by atoms with E-state index in [1.54, 1.807) is 0 Å². The number of pyridine rings is 1. The molecule has 2 aromatic heterocycles. The van der Waals surface area contributed by atoms with Gasteiger partial charge in [0.1, 0.15) is 5.65 Å². The van der Waals surface area contributed by atoms with Gasteiger partial charge in [-0.2, -0.15) is 0 Å². The van der Waals surface area contributed by atoms with Crippen molar-refractivity contribution in [3.05, 3.63) is 35.8 Å². The number of ether oxygens (including phenoxy) is 1. The standard InChI is InChI=1S/C15H21N3O3S/c1-12-4-2-6-15-17-13(11-18(12)15)10-16-22(19,20)9-7-14-5-3-8-21-14/h2,4,6,11,14,16H,3,5,7-10H2,1H3. The van der Waals surface area contributed by atoms with E-state index in [0.29, 0.717) is 6.42 Å². The summed E-state index contributed by atoms with van der Waals surface area (Å²) in [5.41, 5.74) is 2.61. The number of rotatable bonds is 6. The quantitative estimate of drug-likeness (QED) is 0.877. The minimum absolute atomic E-state index is 0.0921. The zero-order chi connectivity index (χ0) is 15.6. The third kappa shape index (κ3) is 3.66. The van der Waals surface area contributed by atoms with E-state index in [4.69, 9.17) is 4.74 Å². The van der Waals surface area contributed by atoms with Crippen molar-refractivity contribution in [1.29, 1.82) is 0 Å². The van der Waals surface area contributed by atoms with Gasteiger partial charge in [-0.3, -0.25) is 0 Å². The average Bonchev–Trinajstić information content (AvgIpc) is 3.13. The number of aryl methyl sites for hydroxylation is 1. The van der Waals surface area contributed by atoms with Crippen LogP contribution in [0.2, 0.25) is 0 Å². The fourth-order valence-electron chi connectivity index (χ4n) is 2.70. The van der Waals surface area contributed by atoms with Crippen LogP contribution in [0.5, 0.6) is 0 Å². The number of nitrogens with zero attached hydrogens (tertiary/aromatic N) is 2. The largest absolute Gasteiger partial charge is 0.378 e. The zero-order valence-corrected chi connectivity index (χ0v) is 13.5. The van der Waals surface area contributed by atoms with E-state index >= 15 is 0 Å². The Morgan fingerprint density at radius 1 is 1.45 bits per heavy atom. The van der Waals surface area contributed by atoms with Crippen LogP contribution in [0.4, 0.5) is 0 Å². The highest BCUT2D eigenvalue weighted by Gasteiger charge is 2.19. The highest BCUT2D eigenvalue weighted by molar-refractivity contribution is 7.89. The lowest BCUT2D eigenvalue weighted by atomic mass is 10.2. The van der Waals surface area contributed by atoms with Gasteiger partial charge >= 0.3 is 0 Å². The summed E-state index contributed by atoms with van der Waals surface area (Å²) in [7, 11) is -3.29. The highest BCUT2D eigenvalue weighted by Crippen LogP contribution is 2.16. The molecule has 3 rings (SSSR count). The van der Waals surface area contributed by atoms with E-state index in [9.17, 15) is 8.42 Å². The van der Waals surface area contributed by atoms with Crippen LogP contribution in [0.15, 0.2) is 24.4 Å². The molecule has 1 aliphatic rings. The fourth-order valence-corrected chi connectivity index (χ4v) is 3.78. The summed E-state index contributed by atoms with van der Waals surface area (Å²) in [6.07, 6.45) is 4.50. The van der Waals surface area contributed by atoms with E-state index in [1.165, 1.54) is 0 Å². The second-order valence-electron chi connectivity index (χ2n) is 5.69. The minimum Gasteiger partial charge on any atom is -0.378 e. The van der Waals surface area contributed by atoms with Crippen LogP contribution in [-0.2, 0) is 21.3 Å². The van der Waals surface area contributed by atoms with Gasteiger partial charge in [-0.25, -0.2) is 18.1 Å². The molecular weight excluding hydrogens is 302 g/mol. The van der Waals surface area contributed by atoms with E-state index in [0.717, 1.165) is 36.5 Å². The molecule has 0 saturated carbocycles. The molecular formula is C15H21N3O3S. The zero-order valence-electron chi connectivity index (χ0n) is 12.7. The van der Waals surface area contributed by atoms with Gasteiger partial charge in [0.15, 0.2) is 0 Å². The number of hydrogen-bond donors (Lipinski definition) is 1. The molecule has 0 bridgehead atoms. The third-order valence-corrected chi connectivity index (χ3v) is 5.31. The van der Waals surface area contributed by atoms with E-state index in [1.807, 2.05) is 35.7 Å². The molecule has 1 fully saturated rings. The normalized spacial score (nSPS) is 19.0. The van der Waals surface area contributed by atoms with Crippen molar-refractivity contribution < 1.29 is 13.2 Å². The molecule has 3 heterocycles. The maximum absolute atomic E-state index is 12.0. The Morgan fingerprint density at radius 2 is 2.32 bits per heavy atom. The summed E-state index contributed by atoms with van der Waals surface area (Å²) in [4.78, 5) is 4.43. The highest BCUT2D eigenvalue weighted by atomic mass is 32.2. The van der Waals surface area contributed by atoms with Gasteiger partial charge in [0, 0.05) is 18.5 Å². The number of aromatic nitrogens is 2. The van der Waals surface area contributed by atoms with Crippen LogP contribution < -0.4 is 4.72 Å². The maximum atomic E-state index is 12.0. The molecule has 2 aromatic rings. The van der Waals surface area contributed by atoms with Crippen LogP contribution >= 0.6 is 0 Å². The van der Waals surface area contributed by atoms with Crippen molar-refractivity contribution in [2.24, 2.45) is 0 Å². The van der Waals surface area contributed by atoms with Crippen molar-refractivity contribution in [1.82, 2.24) is 14.1 Å². The van der Waals surface area contributed by atoms with Crippen LogP contribution in [0, 0.1) is 6.92 Å². The fraction of sp³-hybridized carbons (Fsp3) is 0.533. The molecule has 0 radical (unpaired) electrons. The maximum Gasteiger partial charge on any atom is 0.212 e. The van der Waals surface area contributed by atoms with Crippen molar-refractivity contribution in [3.63, 3.8) is 0 Å².